The van der Waals surface area contributed by atoms with Crippen molar-refractivity contribution in [2.24, 2.45) is 0 Å². The lowest BCUT2D eigenvalue weighted by atomic mass is 9.92. The normalized spacial score (nSPS) is 18.5. The van der Waals surface area contributed by atoms with Crippen LogP contribution in [0.1, 0.15) is 18.5 Å². The molecule has 0 bridgehead atoms. The zero-order valence-corrected chi connectivity index (χ0v) is 16.2. The van der Waals surface area contributed by atoms with Crippen LogP contribution < -0.4 is 4.90 Å². The summed E-state index contributed by atoms with van der Waals surface area (Å²) < 4.78 is 8.28. The standard InChI is InChI=1S/C18H18BrN7O/c19-13-3-4-16(21-7-13)18(11-27-12-18)26-10-15(23-24-26)14-8-20-9-17(22-14)25-5-1-2-6-25/h3-4,7-10H,1-2,5-6,11-12H2. The van der Waals surface area contributed by atoms with Crippen LogP contribution in [0.2, 0.25) is 0 Å². The Balaban J connectivity index is 1.47. The molecule has 2 fully saturated rings. The minimum absolute atomic E-state index is 0.425. The second-order valence-electron chi connectivity index (χ2n) is 6.89. The van der Waals surface area contributed by atoms with Crippen LogP contribution in [0.15, 0.2) is 41.4 Å². The van der Waals surface area contributed by atoms with Gasteiger partial charge in [0.2, 0.25) is 0 Å². The molecule has 0 amide bonds. The number of anilines is 1. The summed E-state index contributed by atoms with van der Waals surface area (Å²) in [5, 5.41) is 8.71. The minimum atomic E-state index is -0.425. The lowest BCUT2D eigenvalue weighted by molar-refractivity contribution is -0.0851. The summed E-state index contributed by atoms with van der Waals surface area (Å²) in [5.74, 6) is 0.899. The van der Waals surface area contributed by atoms with Crippen molar-refractivity contribution in [1.29, 1.82) is 0 Å². The maximum Gasteiger partial charge on any atom is 0.152 e. The number of ether oxygens (including phenoxy) is 1. The molecule has 0 aromatic carbocycles. The third kappa shape index (κ3) is 2.90. The third-order valence-electron chi connectivity index (χ3n) is 5.13. The van der Waals surface area contributed by atoms with Gasteiger partial charge in [0.25, 0.3) is 0 Å². The molecular formula is C18H18BrN7O. The highest BCUT2D eigenvalue weighted by atomic mass is 79.9. The van der Waals surface area contributed by atoms with Crippen molar-refractivity contribution in [2.75, 3.05) is 31.2 Å². The molecular weight excluding hydrogens is 410 g/mol. The van der Waals surface area contributed by atoms with Gasteiger partial charge in [-0.2, -0.15) is 0 Å². The van der Waals surface area contributed by atoms with Crippen LogP contribution in [0.5, 0.6) is 0 Å². The fraction of sp³-hybridized carbons (Fsp3) is 0.389. The molecule has 2 saturated heterocycles. The quantitative estimate of drug-likeness (QED) is 0.631. The van der Waals surface area contributed by atoms with Gasteiger partial charge in [-0.25, -0.2) is 9.67 Å². The summed E-state index contributed by atoms with van der Waals surface area (Å²) >= 11 is 3.43. The summed E-state index contributed by atoms with van der Waals surface area (Å²) in [4.78, 5) is 15.9. The van der Waals surface area contributed by atoms with Gasteiger partial charge < -0.3 is 9.64 Å². The SMILES string of the molecule is Brc1ccc(C2(n3cc(-c4cncc(N5CCCC5)n4)nn3)COC2)nc1. The van der Waals surface area contributed by atoms with Crippen LogP contribution in [-0.2, 0) is 10.3 Å². The van der Waals surface area contributed by atoms with E-state index in [0.717, 1.165) is 34.8 Å². The van der Waals surface area contributed by atoms with E-state index in [9.17, 15) is 0 Å². The maximum absolute atomic E-state index is 5.50. The first-order chi connectivity index (χ1) is 13.2. The van der Waals surface area contributed by atoms with Gasteiger partial charge in [-0.05, 0) is 40.9 Å². The van der Waals surface area contributed by atoms with Crippen molar-refractivity contribution >= 4 is 21.7 Å². The van der Waals surface area contributed by atoms with E-state index in [0.29, 0.717) is 18.9 Å². The first kappa shape index (κ1) is 16.8. The molecule has 0 saturated carbocycles. The van der Waals surface area contributed by atoms with Crippen molar-refractivity contribution in [2.45, 2.75) is 18.4 Å². The van der Waals surface area contributed by atoms with E-state index in [1.807, 2.05) is 29.2 Å². The van der Waals surface area contributed by atoms with E-state index in [4.69, 9.17) is 9.72 Å². The number of halogens is 1. The van der Waals surface area contributed by atoms with Gasteiger partial charge in [0.15, 0.2) is 5.54 Å². The molecule has 5 rings (SSSR count). The molecule has 0 aliphatic carbocycles. The van der Waals surface area contributed by atoms with Gasteiger partial charge in [0.1, 0.15) is 17.2 Å². The summed E-state index contributed by atoms with van der Waals surface area (Å²) in [6, 6.07) is 3.97. The second-order valence-corrected chi connectivity index (χ2v) is 7.81. The summed E-state index contributed by atoms with van der Waals surface area (Å²) in [5.41, 5.74) is 1.91. The Morgan fingerprint density at radius 1 is 1.04 bits per heavy atom. The smallest absolute Gasteiger partial charge is 0.152 e. The summed E-state index contributed by atoms with van der Waals surface area (Å²) in [6.07, 6.45) is 9.64. The van der Waals surface area contributed by atoms with Gasteiger partial charge in [0, 0.05) is 23.8 Å². The fourth-order valence-corrected chi connectivity index (χ4v) is 3.75. The summed E-state index contributed by atoms with van der Waals surface area (Å²) in [7, 11) is 0. The zero-order valence-electron chi connectivity index (χ0n) is 14.6. The van der Waals surface area contributed by atoms with E-state index in [2.05, 4.69) is 41.1 Å². The Morgan fingerprint density at radius 2 is 1.89 bits per heavy atom. The molecule has 0 radical (unpaired) electrons. The van der Waals surface area contributed by atoms with E-state index >= 15 is 0 Å². The predicted molar refractivity (Wildman–Crippen MR) is 102 cm³/mol. The number of nitrogens with zero attached hydrogens (tertiary/aromatic N) is 7. The maximum atomic E-state index is 5.50. The molecule has 0 atom stereocenters. The van der Waals surface area contributed by atoms with Gasteiger partial charge in [-0.15, -0.1) is 5.10 Å². The van der Waals surface area contributed by atoms with Crippen LogP contribution in [-0.4, -0.2) is 56.2 Å². The Labute approximate surface area is 164 Å². The topological polar surface area (TPSA) is 81.9 Å². The molecule has 138 valence electrons. The van der Waals surface area contributed by atoms with Crippen molar-refractivity contribution in [3.63, 3.8) is 0 Å². The van der Waals surface area contributed by atoms with Crippen LogP contribution in [0.3, 0.4) is 0 Å². The highest BCUT2D eigenvalue weighted by molar-refractivity contribution is 9.10. The molecule has 2 aliphatic rings. The monoisotopic (exact) mass is 427 g/mol. The first-order valence-electron chi connectivity index (χ1n) is 8.95. The fourth-order valence-electron chi connectivity index (χ4n) is 3.51. The highest BCUT2D eigenvalue weighted by Gasteiger charge is 2.45. The Hall–Kier alpha value is -2.39. The van der Waals surface area contributed by atoms with Crippen LogP contribution in [0.4, 0.5) is 5.82 Å². The number of rotatable bonds is 4. The Morgan fingerprint density at radius 3 is 2.59 bits per heavy atom. The average molecular weight is 428 g/mol. The Bertz CT molecular complexity index is 948. The number of hydrogen-bond acceptors (Lipinski definition) is 7. The molecule has 0 N–H and O–H groups in total. The van der Waals surface area contributed by atoms with E-state index < -0.39 is 5.54 Å². The van der Waals surface area contributed by atoms with Gasteiger partial charge >= 0.3 is 0 Å². The van der Waals surface area contributed by atoms with Gasteiger partial charge in [0.05, 0.1) is 37.5 Å². The number of aromatic nitrogens is 6. The first-order valence-corrected chi connectivity index (χ1v) is 9.74. The summed E-state index contributed by atoms with van der Waals surface area (Å²) in [6.45, 7) is 3.09. The molecule has 9 heteroatoms. The van der Waals surface area contributed by atoms with Gasteiger partial charge in [-0.3, -0.25) is 9.97 Å². The third-order valence-corrected chi connectivity index (χ3v) is 5.60. The van der Waals surface area contributed by atoms with E-state index in [1.54, 1.807) is 12.4 Å². The Kier molecular flexibility index (Phi) is 4.13. The number of pyridine rings is 1. The van der Waals surface area contributed by atoms with Gasteiger partial charge in [-0.1, -0.05) is 5.21 Å². The molecule has 5 heterocycles. The molecule has 0 spiro atoms. The van der Waals surface area contributed by atoms with Crippen LogP contribution in [0, 0.1) is 0 Å². The van der Waals surface area contributed by atoms with E-state index in [1.165, 1.54) is 12.8 Å². The van der Waals surface area contributed by atoms with Crippen molar-refractivity contribution in [1.82, 2.24) is 29.9 Å². The zero-order chi connectivity index (χ0) is 18.3. The second kappa shape index (κ2) is 6.65. The van der Waals surface area contributed by atoms with Crippen molar-refractivity contribution in [3.05, 3.63) is 47.1 Å². The molecule has 0 unspecified atom stereocenters. The van der Waals surface area contributed by atoms with Crippen molar-refractivity contribution < 1.29 is 4.74 Å². The average Bonchev–Trinajstić information content (AvgIpc) is 3.35. The van der Waals surface area contributed by atoms with Crippen molar-refractivity contribution in [3.8, 4) is 11.4 Å². The molecule has 27 heavy (non-hydrogen) atoms. The molecule has 3 aromatic rings. The predicted octanol–water partition coefficient (Wildman–Crippen LogP) is 2.27. The lowest BCUT2D eigenvalue weighted by Crippen LogP contribution is -2.53. The minimum Gasteiger partial charge on any atom is -0.375 e. The van der Waals surface area contributed by atoms with Crippen LogP contribution in [0.25, 0.3) is 11.4 Å². The molecule has 3 aromatic heterocycles. The molecule has 8 nitrogen and oxygen atoms in total. The lowest BCUT2D eigenvalue weighted by Gasteiger charge is -2.40. The highest BCUT2D eigenvalue weighted by Crippen LogP contribution is 2.33. The van der Waals surface area contributed by atoms with E-state index in [-0.39, 0.29) is 0 Å². The number of hydrogen-bond donors (Lipinski definition) is 0. The van der Waals surface area contributed by atoms with Crippen LogP contribution >= 0.6 is 15.9 Å². The molecule has 2 aliphatic heterocycles. The largest absolute Gasteiger partial charge is 0.375 e.